The molecule has 18 heavy (non-hydrogen) atoms. The number of ether oxygens (including phenoxy) is 2. The number of unbranched alkanes of at least 4 members (excludes halogenated alkanes) is 1. The van der Waals surface area contributed by atoms with Crippen LogP contribution in [0.15, 0.2) is 0 Å². The first-order valence-corrected chi connectivity index (χ1v) is 6.60. The summed E-state index contributed by atoms with van der Waals surface area (Å²) < 4.78 is 9.81. The van der Waals surface area contributed by atoms with Crippen molar-refractivity contribution in [3.8, 4) is 0 Å². The third-order valence-corrected chi connectivity index (χ3v) is 1.87. The minimum atomic E-state index is -0.246. The Hall–Kier alpha value is -0.900. The van der Waals surface area contributed by atoms with Gasteiger partial charge < -0.3 is 14.3 Å². The normalized spacial score (nSPS) is 9.67. The van der Waals surface area contributed by atoms with Gasteiger partial charge in [0.2, 0.25) is 0 Å². The van der Waals surface area contributed by atoms with E-state index in [1.54, 1.807) is 6.92 Å². The lowest BCUT2D eigenvalue weighted by Crippen LogP contribution is -2.07. The summed E-state index contributed by atoms with van der Waals surface area (Å²) in [6, 6.07) is 0. The molecular weight excluding hydrogens is 232 g/mol. The van der Waals surface area contributed by atoms with Crippen LogP contribution in [0.25, 0.3) is 0 Å². The topological polar surface area (TPSA) is 52.6 Å². The van der Waals surface area contributed by atoms with Crippen LogP contribution < -0.4 is 0 Å². The summed E-state index contributed by atoms with van der Waals surface area (Å²) >= 11 is 0. The molecule has 0 aromatic heterocycles. The Morgan fingerprint density at radius 2 is 1.67 bits per heavy atom. The molecule has 0 unspecified atom stereocenters. The maximum absolute atomic E-state index is 10.3. The van der Waals surface area contributed by atoms with Crippen LogP contribution >= 0.6 is 0 Å². The fourth-order valence-electron chi connectivity index (χ4n) is 1.17. The minimum Gasteiger partial charge on any atom is -0.463 e. The van der Waals surface area contributed by atoms with E-state index >= 15 is 0 Å². The van der Waals surface area contributed by atoms with Crippen LogP contribution in [0.5, 0.6) is 0 Å². The van der Waals surface area contributed by atoms with Gasteiger partial charge in [-0.15, -0.1) is 0 Å². The van der Waals surface area contributed by atoms with Crippen molar-refractivity contribution >= 4 is 11.8 Å². The van der Waals surface area contributed by atoms with E-state index in [9.17, 15) is 9.59 Å². The molecule has 0 amide bonds. The number of carbonyl (C=O) groups excluding carboxylic acids is 2. The Labute approximate surface area is 111 Å². The maximum atomic E-state index is 10.3. The molecule has 0 atom stereocenters. The average Bonchev–Trinajstić information content (AvgIpc) is 2.21. The van der Waals surface area contributed by atoms with Gasteiger partial charge in [-0.3, -0.25) is 4.79 Å². The van der Waals surface area contributed by atoms with Crippen LogP contribution in [-0.2, 0) is 19.1 Å². The molecule has 0 aromatic carbocycles. The van der Waals surface area contributed by atoms with Crippen LogP contribution in [0.1, 0.15) is 53.9 Å². The van der Waals surface area contributed by atoms with Crippen molar-refractivity contribution in [2.24, 2.45) is 5.92 Å². The second-order valence-electron chi connectivity index (χ2n) is 4.61. The number of carbonyl (C=O) groups is 2. The lowest BCUT2D eigenvalue weighted by atomic mass is 10.1. The van der Waals surface area contributed by atoms with Crippen molar-refractivity contribution in [2.75, 3.05) is 19.8 Å². The molecule has 0 bridgehead atoms. The number of rotatable bonds is 8. The predicted octanol–water partition coefficient (Wildman–Crippen LogP) is 2.99. The largest absolute Gasteiger partial charge is 0.463 e. The summed E-state index contributed by atoms with van der Waals surface area (Å²) in [7, 11) is 0. The quantitative estimate of drug-likeness (QED) is 0.497. The highest BCUT2D eigenvalue weighted by Crippen LogP contribution is 1.97. The highest BCUT2D eigenvalue weighted by Gasteiger charge is 1.95. The standard InChI is InChI=1S/C8H16O3.C6H12O/c1-3-4-5-10-6-7-11-8(2)9;1-5(2)4-6(3)7/h3-7H2,1-2H3;5H,4H2,1-3H3. The number of hydrogen-bond donors (Lipinski definition) is 0. The third kappa shape index (κ3) is 24.4. The van der Waals surface area contributed by atoms with Gasteiger partial charge in [-0.2, -0.15) is 0 Å². The van der Waals surface area contributed by atoms with Gasteiger partial charge in [0.15, 0.2) is 0 Å². The summed E-state index contributed by atoms with van der Waals surface area (Å²) in [5.41, 5.74) is 0. The van der Waals surface area contributed by atoms with E-state index in [1.165, 1.54) is 6.92 Å². The predicted molar refractivity (Wildman–Crippen MR) is 72.5 cm³/mol. The van der Waals surface area contributed by atoms with Crippen LogP contribution in [0.3, 0.4) is 0 Å². The smallest absolute Gasteiger partial charge is 0.302 e. The van der Waals surface area contributed by atoms with Gasteiger partial charge in [-0.25, -0.2) is 0 Å². The molecule has 0 aliphatic carbocycles. The van der Waals surface area contributed by atoms with Crippen LogP contribution in [0, 0.1) is 5.92 Å². The first kappa shape index (κ1) is 19.4. The summed E-state index contributed by atoms with van der Waals surface area (Å²) in [5.74, 6) is 0.566. The molecule has 108 valence electrons. The average molecular weight is 260 g/mol. The fourth-order valence-corrected chi connectivity index (χ4v) is 1.17. The van der Waals surface area contributed by atoms with Gasteiger partial charge in [-0.05, 0) is 19.3 Å². The molecule has 0 saturated heterocycles. The molecule has 0 radical (unpaired) electrons. The Morgan fingerprint density at radius 1 is 1.06 bits per heavy atom. The number of Topliss-reactive ketones (excluding diaryl/α,β-unsaturated/α-hetero) is 1. The lowest BCUT2D eigenvalue weighted by molar-refractivity contribution is -0.142. The van der Waals surface area contributed by atoms with Crippen molar-refractivity contribution in [2.45, 2.75) is 53.9 Å². The van der Waals surface area contributed by atoms with E-state index < -0.39 is 0 Å². The summed E-state index contributed by atoms with van der Waals surface area (Å²) in [4.78, 5) is 20.5. The molecule has 4 nitrogen and oxygen atoms in total. The van der Waals surface area contributed by atoms with Gasteiger partial charge in [0.25, 0.3) is 0 Å². The van der Waals surface area contributed by atoms with Crippen molar-refractivity contribution < 1.29 is 19.1 Å². The molecule has 4 heteroatoms. The molecule has 0 saturated carbocycles. The number of esters is 1. The van der Waals surface area contributed by atoms with Crippen LogP contribution in [-0.4, -0.2) is 31.6 Å². The Balaban J connectivity index is 0. The summed E-state index contributed by atoms with van der Waals surface area (Å²) in [5, 5.41) is 0. The molecule has 0 spiro atoms. The zero-order valence-corrected chi connectivity index (χ0v) is 12.5. The summed E-state index contributed by atoms with van der Waals surface area (Å²) in [6.07, 6.45) is 2.92. The van der Waals surface area contributed by atoms with Crippen molar-refractivity contribution in [1.82, 2.24) is 0 Å². The van der Waals surface area contributed by atoms with Gasteiger partial charge in [0, 0.05) is 20.0 Å². The van der Waals surface area contributed by atoms with Crippen LogP contribution in [0.4, 0.5) is 0 Å². The Bertz CT molecular complexity index is 212. The third-order valence-electron chi connectivity index (χ3n) is 1.87. The zero-order chi connectivity index (χ0) is 14.4. The first-order valence-electron chi connectivity index (χ1n) is 6.60. The molecule has 0 aliphatic heterocycles. The molecule has 0 rings (SSSR count). The second kappa shape index (κ2) is 14.2. The van der Waals surface area contributed by atoms with Crippen molar-refractivity contribution in [1.29, 1.82) is 0 Å². The lowest BCUT2D eigenvalue weighted by Gasteiger charge is -2.02. The summed E-state index contributed by atoms with van der Waals surface area (Å²) in [6.45, 7) is 10.9. The van der Waals surface area contributed by atoms with Crippen LogP contribution in [0.2, 0.25) is 0 Å². The molecule has 0 heterocycles. The first-order chi connectivity index (χ1) is 8.40. The van der Waals surface area contributed by atoms with Crippen molar-refractivity contribution in [3.63, 3.8) is 0 Å². The highest BCUT2D eigenvalue weighted by molar-refractivity contribution is 5.75. The van der Waals surface area contributed by atoms with E-state index in [4.69, 9.17) is 4.74 Å². The minimum absolute atomic E-state index is 0.246. The van der Waals surface area contributed by atoms with E-state index in [0.717, 1.165) is 25.9 Å². The van der Waals surface area contributed by atoms with Gasteiger partial charge in [0.1, 0.15) is 12.4 Å². The highest BCUT2D eigenvalue weighted by atomic mass is 16.6. The molecule has 0 fully saturated rings. The van der Waals surface area contributed by atoms with Gasteiger partial charge >= 0.3 is 5.97 Å². The maximum Gasteiger partial charge on any atom is 0.302 e. The Morgan fingerprint density at radius 3 is 2.00 bits per heavy atom. The van der Waals surface area contributed by atoms with E-state index in [0.29, 0.717) is 19.1 Å². The number of hydrogen-bond acceptors (Lipinski definition) is 4. The van der Waals surface area contributed by atoms with Gasteiger partial charge in [-0.1, -0.05) is 27.2 Å². The molecular formula is C14H28O4. The zero-order valence-electron chi connectivity index (χ0n) is 12.5. The second-order valence-corrected chi connectivity index (χ2v) is 4.61. The Kier molecular flexibility index (Phi) is 15.3. The fraction of sp³-hybridized carbons (Fsp3) is 0.857. The van der Waals surface area contributed by atoms with E-state index in [-0.39, 0.29) is 11.8 Å². The van der Waals surface area contributed by atoms with E-state index in [1.807, 2.05) is 13.8 Å². The molecule has 0 aliphatic rings. The molecule has 0 N–H and O–H groups in total. The molecule has 0 aromatic rings. The monoisotopic (exact) mass is 260 g/mol. The van der Waals surface area contributed by atoms with E-state index in [2.05, 4.69) is 11.7 Å². The van der Waals surface area contributed by atoms with Crippen molar-refractivity contribution in [3.05, 3.63) is 0 Å². The SMILES string of the molecule is CC(=O)CC(C)C.CCCCOCCOC(C)=O. The van der Waals surface area contributed by atoms with Gasteiger partial charge in [0.05, 0.1) is 6.61 Å². The number of ketones is 1.